The Kier molecular flexibility index (Phi) is 5.21. The minimum Gasteiger partial charge on any atom is -0.373 e. The van der Waals surface area contributed by atoms with Crippen LogP contribution in [0, 0.1) is 0 Å². The molecule has 0 saturated carbocycles. The van der Waals surface area contributed by atoms with Crippen LogP contribution in [0.3, 0.4) is 0 Å². The highest BCUT2D eigenvalue weighted by Crippen LogP contribution is 2.28. The first-order chi connectivity index (χ1) is 9.58. The van der Waals surface area contributed by atoms with Crippen molar-refractivity contribution in [1.29, 1.82) is 0 Å². The van der Waals surface area contributed by atoms with Crippen molar-refractivity contribution in [2.45, 2.75) is 19.4 Å². The molecule has 0 fully saturated rings. The van der Waals surface area contributed by atoms with Crippen molar-refractivity contribution < 1.29 is 0 Å². The summed E-state index contributed by atoms with van der Waals surface area (Å²) in [5.74, 6) is 0. The summed E-state index contributed by atoms with van der Waals surface area (Å²) in [6.07, 6.45) is 1.04. The van der Waals surface area contributed by atoms with Gasteiger partial charge in [0.05, 0.1) is 5.69 Å². The van der Waals surface area contributed by atoms with E-state index >= 15 is 0 Å². The Morgan fingerprint density at radius 1 is 1.15 bits per heavy atom. The van der Waals surface area contributed by atoms with Gasteiger partial charge in [-0.15, -0.1) is 0 Å². The number of benzene rings is 2. The summed E-state index contributed by atoms with van der Waals surface area (Å²) in [4.78, 5) is 2.27. The second kappa shape index (κ2) is 6.91. The number of hydrogen-bond acceptors (Lipinski definition) is 2. The summed E-state index contributed by atoms with van der Waals surface area (Å²) in [5, 5.41) is 0. The fourth-order valence-corrected chi connectivity index (χ4v) is 2.88. The van der Waals surface area contributed by atoms with Gasteiger partial charge in [-0.3, -0.25) is 0 Å². The summed E-state index contributed by atoms with van der Waals surface area (Å²) in [6.45, 7) is 2.99. The van der Waals surface area contributed by atoms with Crippen molar-refractivity contribution in [3.05, 3.63) is 64.1 Å². The number of rotatable bonds is 5. The zero-order chi connectivity index (χ0) is 14.5. The normalized spacial score (nSPS) is 12.2. The van der Waals surface area contributed by atoms with Crippen molar-refractivity contribution in [2.75, 3.05) is 18.5 Å². The quantitative estimate of drug-likeness (QED) is 0.891. The molecular weight excluding hydrogens is 312 g/mol. The molecule has 0 aliphatic carbocycles. The molecule has 2 aromatic carbocycles. The lowest BCUT2D eigenvalue weighted by Crippen LogP contribution is -2.21. The molecule has 0 amide bonds. The van der Waals surface area contributed by atoms with Crippen LogP contribution in [0.25, 0.3) is 0 Å². The number of nitrogens with two attached hydrogens (primary N) is 1. The molecule has 0 aliphatic heterocycles. The Morgan fingerprint density at radius 3 is 2.45 bits per heavy atom. The molecule has 3 heteroatoms. The summed E-state index contributed by atoms with van der Waals surface area (Å²) >= 11 is 3.65. The second-order valence-electron chi connectivity index (χ2n) is 5.16. The van der Waals surface area contributed by atoms with Gasteiger partial charge in [-0.25, -0.2) is 0 Å². The number of halogens is 1. The molecule has 0 aliphatic rings. The standard InChI is InChI=1S/C17H21BrN2/c1-13(19)15-8-9-17(16(18)12-15)20(2)11-10-14-6-4-3-5-7-14/h3-9,12-13H,10-11,19H2,1-2H3/t13-/m1/s1. The number of likely N-dealkylation sites (N-methyl/N-ethyl adjacent to an activating group) is 1. The zero-order valence-corrected chi connectivity index (χ0v) is 13.6. The number of hydrogen-bond donors (Lipinski definition) is 1. The Bertz CT molecular complexity index is 552. The first-order valence-corrected chi connectivity index (χ1v) is 7.67. The molecule has 0 aromatic heterocycles. The Balaban J connectivity index is 2.04. The molecule has 0 heterocycles. The summed E-state index contributed by atoms with van der Waals surface area (Å²) in [5.41, 5.74) is 9.62. The van der Waals surface area contributed by atoms with E-state index in [1.54, 1.807) is 0 Å². The smallest absolute Gasteiger partial charge is 0.0508 e. The number of nitrogens with zero attached hydrogens (tertiary/aromatic N) is 1. The first-order valence-electron chi connectivity index (χ1n) is 6.88. The third-order valence-corrected chi connectivity index (χ3v) is 4.12. The fraction of sp³-hybridized carbons (Fsp3) is 0.294. The largest absolute Gasteiger partial charge is 0.373 e. The van der Waals surface area contributed by atoms with E-state index in [9.17, 15) is 0 Å². The van der Waals surface area contributed by atoms with Crippen LogP contribution in [-0.4, -0.2) is 13.6 Å². The first kappa shape index (κ1) is 15.1. The van der Waals surface area contributed by atoms with Gasteiger partial charge < -0.3 is 10.6 Å². The molecule has 0 spiro atoms. The van der Waals surface area contributed by atoms with Gasteiger partial charge in [0.2, 0.25) is 0 Å². The predicted octanol–water partition coefficient (Wildman–Crippen LogP) is 4.15. The highest BCUT2D eigenvalue weighted by Gasteiger charge is 2.08. The summed E-state index contributed by atoms with van der Waals surface area (Å²) in [6, 6.07) is 17.0. The Labute approximate surface area is 129 Å². The molecule has 0 bridgehead atoms. The average molecular weight is 333 g/mol. The van der Waals surface area contributed by atoms with Crippen LogP contribution in [0.1, 0.15) is 24.1 Å². The minimum absolute atomic E-state index is 0.0648. The molecule has 2 N–H and O–H groups in total. The molecule has 2 nitrogen and oxygen atoms in total. The van der Waals surface area contributed by atoms with Gasteiger partial charge in [0.15, 0.2) is 0 Å². The average Bonchev–Trinajstić information content (AvgIpc) is 2.45. The lowest BCUT2D eigenvalue weighted by Gasteiger charge is -2.22. The second-order valence-corrected chi connectivity index (χ2v) is 6.01. The van der Waals surface area contributed by atoms with E-state index in [0.717, 1.165) is 23.0 Å². The van der Waals surface area contributed by atoms with Gasteiger partial charge in [0, 0.05) is 24.1 Å². The van der Waals surface area contributed by atoms with Crippen LogP contribution in [0.4, 0.5) is 5.69 Å². The predicted molar refractivity (Wildman–Crippen MR) is 90.2 cm³/mol. The SMILES string of the molecule is C[C@@H](N)c1ccc(N(C)CCc2ccccc2)c(Br)c1. The molecule has 20 heavy (non-hydrogen) atoms. The van der Waals surface area contributed by atoms with Crippen LogP contribution >= 0.6 is 15.9 Å². The van der Waals surface area contributed by atoms with Gasteiger partial charge in [0.1, 0.15) is 0 Å². The van der Waals surface area contributed by atoms with Crippen molar-refractivity contribution in [3.8, 4) is 0 Å². The van der Waals surface area contributed by atoms with Crippen molar-refractivity contribution >= 4 is 21.6 Å². The van der Waals surface area contributed by atoms with Gasteiger partial charge in [-0.05, 0) is 52.5 Å². The van der Waals surface area contributed by atoms with E-state index in [0.29, 0.717) is 0 Å². The van der Waals surface area contributed by atoms with E-state index in [1.165, 1.54) is 11.3 Å². The third-order valence-electron chi connectivity index (χ3n) is 3.49. The number of anilines is 1. The van der Waals surface area contributed by atoms with Crippen LogP contribution in [0.2, 0.25) is 0 Å². The van der Waals surface area contributed by atoms with Crippen molar-refractivity contribution in [1.82, 2.24) is 0 Å². The minimum atomic E-state index is 0.0648. The van der Waals surface area contributed by atoms with Crippen LogP contribution in [0.15, 0.2) is 53.0 Å². The maximum Gasteiger partial charge on any atom is 0.0508 e. The van der Waals surface area contributed by atoms with Gasteiger partial charge in [-0.1, -0.05) is 36.4 Å². The Hall–Kier alpha value is -1.32. The van der Waals surface area contributed by atoms with E-state index in [4.69, 9.17) is 5.73 Å². The van der Waals surface area contributed by atoms with E-state index in [1.807, 2.05) is 6.92 Å². The molecule has 2 rings (SSSR count). The molecule has 0 saturated heterocycles. The highest BCUT2D eigenvalue weighted by molar-refractivity contribution is 9.10. The van der Waals surface area contributed by atoms with Crippen LogP contribution in [0.5, 0.6) is 0 Å². The van der Waals surface area contributed by atoms with Gasteiger partial charge in [0.25, 0.3) is 0 Å². The zero-order valence-electron chi connectivity index (χ0n) is 12.0. The maximum absolute atomic E-state index is 5.91. The van der Waals surface area contributed by atoms with E-state index in [-0.39, 0.29) is 6.04 Å². The molecule has 2 aromatic rings. The van der Waals surface area contributed by atoms with Crippen LogP contribution in [-0.2, 0) is 6.42 Å². The topological polar surface area (TPSA) is 29.3 Å². The third kappa shape index (κ3) is 3.84. The molecule has 0 unspecified atom stereocenters. The van der Waals surface area contributed by atoms with Crippen molar-refractivity contribution in [2.24, 2.45) is 5.73 Å². The lowest BCUT2D eigenvalue weighted by atomic mass is 10.1. The van der Waals surface area contributed by atoms with E-state index < -0.39 is 0 Å². The molecule has 1 atom stereocenters. The maximum atomic E-state index is 5.91. The van der Waals surface area contributed by atoms with Gasteiger partial charge in [-0.2, -0.15) is 0 Å². The fourth-order valence-electron chi connectivity index (χ4n) is 2.18. The Morgan fingerprint density at radius 2 is 1.85 bits per heavy atom. The monoisotopic (exact) mass is 332 g/mol. The summed E-state index contributed by atoms with van der Waals surface area (Å²) in [7, 11) is 2.12. The highest BCUT2D eigenvalue weighted by atomic mass is 79.9. The van der Waals surface area contributed by atoms with Gasteiger partial charge >= 0.3 is 0 Å². The summed E-state index contributed by atoms with van der Waals surface area (Å²) < 4.78 is 1.10. The lowest BCUT2D eigenvalue weighted by molar-refractivity contribution is 0.815. The van der Waals surface area contributed by atoms with Crippen molar-refractivity contribution in [3.63, 3.8) is 0 Å². The molecule has 0 radical (unpaired) electrons. The van der Waals surface area contributed by atoms with E-state index in [2.05, 4.69) is 76.4 Å². The van der Waals surface area contributed by atoms with Crippen LogP contribution < -0.4 is 10.6 Å². The molecular formula is C17H21BrN2. The molecule has 106 valence electrons.